The molecule has 0 bridgehead atoms. The summed E-state index contributed by atoms with van der Waals surface area (Å²) in [6, 6.07) is 10.4. The third-order valence-electron chi connectivity index (χ3n) is 2.89. The van der Waals surface area contributed by atoms with Crippen molar-refractivity contribution >= 4 is 44.5 Å². The second kappa shape index (κ2) is 4.92. The molecule has 0 fully saturated rings. The van der Waals surface area contributed by atoms with E-state index in [1.54, 1.807) is 18.2 Å². The van der Waals surface area contributed by atoms with Crippen molar-refractivity contribution in [1.82, 2.24) is 9.97 Å². The Morgan fingerprint density at radius 1 is 1.30 bits per heavy atom. The van der Waals surface area contributed by atoms with Gasteiger partial charge in [0.1, 0.15) is 11.3 Å². The molecule has 3 rings (SSSR count). The van der Waals surface area contributed by atoms with Gasteiger partial charge in [-0.25, -0.2) is 9.78 Å². The molecule has 0 amide bonds. The number of aromatic carboxylic acids is 1. The number of hydrogen-bond acceptors (Lipinski definition) is 2. The van der Waals surface area contributed by atoms with Crippen molar-refractivity contribution in [2.24, 2.45) is 0 Å². The highest BCUT2D eigenvalue weighted by molar-refractivity contribution is 9.10. The fraction of sp³-hybridized carbons (Fsp3) is 0. The van der Waals surface area contributed by atoms with Crippen molar-refractivity contribution < 1.29 is 9.90 Å². The van der Waals surface area contributed by atoms with E-state index in [0.717, 1.165) is 5.56 Å². The van der Waals surface area contributed by atoms with Gasteiger partial charge in [-0.1, -0.05) is 23.7 Å². The molecule has 4 nitrogen and oxygen atoms in total. The molecule has 0 saturated heterocycles. The van der Waals surface area contributed by atoms with Crippen LogP contribution in [0.1, 0.15) is 10.4 Å². The summed E-state index contributed by atoms with van der Waals surface area (Å²) in [6.45, 7) is 0. The van der Waals surface area contributed by atoms with E-state index in [4.69, 9.17) is 16.7 Å². The Kier molecular flexibility index (Phi) is 3.23. The van der Waals surface area contributed by atoms with E-state index in [9.17, 15) is 4.79 Å². The van der Waals surface area contributed by atoms with Crippen molar-refractivity contribution in [2.45, 2.75) is 0 Å². The largest absolute Gasteiger partial charge is 0.478 e. The summed E-state index contributed by atoms with van der Waals surface area (Å²) < 4.78 is 0.636. The number of aromatic nitrogens is 2. The molecule has 2 N–H and O–H groups in total. The van der Waals surface area contributed by atoms with Crippen molar-refractivity contribution in [3.05, 3.63) is 51.5 Å². The number of fused-ring (bicyclic) bond motifs is 1. The molecular weight excluding hydrogens is 344 g/mol. The number of nitrogens with one attached hydrogen (secondary N) is 1. The molecule has 0 spiro atoms. The van der Waals surface area contributed by atoms with Crippen LogP contribution in [0.2, 0.25) is 5.02 Å². The minimum Gasteiger partial charge on any atom is -0.478 e. The predicted octanol–water partition coefficient (Wildman–Crippen LogP) is 4.34. The van der Waals surface area contributed by atoms with Crippen molar-refractivity contribution in [3.8, 4) is 11.4 Å². The summed E-state index contributed by atoms with van der Waals surface area (Å²) in [6.07, 6.45) is 0. The normalized spacial score (nSPS) is 10.9. The smallest absolute Gasteiger partial charge is 0.335 e. The highest BCUT2D eigenvalue weighted by Crippen LogP contribution is 2.28. The zero-order valence-electron chi connectivity index (χ0n) is 10.0. The maximum absolute atomic E-state index is 11.0. The predicted molar refractivity (Wildman–Crippen MR) is 81.2 cm³/mol. The van der Waals surface area contributed by atoms with Gasteiger partial charge in [-0.2, -0.15) is 0 Å². The van der Waals surface area contributed by atoms with E-state index in [1.165, 1.54) is 6.07 Å². The average molecular weight is 352 g/mol. The lowest BCUT2D eigenvalue weighted by molar-refractivity contribution is 0.0697. The van der Waals surface area contributed by atoms with E-state index in [1.807, 2.05) is 12.1 Å². The lowest BCUT2D eigenvalue weighted by Gasteiger charge is -1.96. The quantitative estimate of drug-likeness (QED) is 0.721. The van der Waals surface area contributed by atoms with Crippen molar-refractivity contribution in [1.29, 1.82) is 0 Å². The van der Waals surface area contributed by atoms with Crippen LogP contribution in [0.15, 0.2) is 40.9 Å². The first-order valence-electron chi connectivity index (χ1n) is 5.73. The van der Waals surface area contributed by atoms with Crippen LogP contribution in [0.3, 0.4) is 0 Å². The fourth-order valence-electron chi connectivity index (χ4n) is 1.97. The standard InChI is InChI=1S/C14H8BrClN2O2/c15-10-5-8(14(19)20)6-11-12(10)18-13(17-11)7-2-1-3-9(16)4-7/h1-6H,(H,17,18)(H,19,20). The Bertz CT molecular complexity index is 829. The summed E-state index contributed by atoms with van der Waals surface area (Å²) in [7, 11) is 0. The molecule has 1 aromatic heterocycles. The Hall–Kier alpha value is -1.85. The number of carbonyl (C=O) groups is 1. The maximum atomic E-state index is 11.0. The lowest BCUT2D eigenvalue weighted by Crippen LogP contribution is -1.95. The third kappa shape index (κ3) is 2.30. The molecule has 3 aromatic rings. The van der Waals surface area contributed by atoms with Gasteiger partial charge in [0.2, 0.25) is 0 Å². The van der Waals surface area contributed by atoms with Crippen LogP contribution in [-0.4, -0.2) is 21.0 Å². The molecule has 2 aromatic carbocycles. The molecule has 20 heavy (non-hydrogen) atoms. The molecule has 0 unspecified atom stereocenters. The van der Waals surface area contributed by atoms with Gasteiger partial charge >= 0.3 is 5.97 Å². The van der Waals surface area contributed by atoms with E-state index in [0.29, 0.717) is 26.4 Å². The Balaban J connectivity index is 2.20. The van der Waals surface area contributed by atoms with Gasteiger partial charge in [0.05, 0.1) is 11.1 Å². The Morgan fingerprint density at radius 3 is 2.80 bits per heavy atom. The molecule has 6 heteroatoms. The molecule has 0 aliphatic carbocycles. The number of hydrogen-bond donors (Lipinski definition) is 2. The van der Waals surface area contributed by atoms with Gasteiger partial charge in [-0.15, -0.1) is 0 Å². The summed E-state index contributed by atoms with van der Waals surface area (Å²) in [4.78, 5) is 18.6. The topological polar surface area (TPSA) is 66.0 Å². The van der Waals surface area contributed by atoms with E-state index < -0.39 is 5.97 Å². The zero-order valence-corrected chi connectivity index (χ0v) is 12.4. The third-order valence-corrected chi connectivity index (χ3v) is 3.72. The van der Waals surface area contributed by atoms with Crippen LogP contribution in [0.25, 0.3) is 22.4 Å². The number of carboxylic acid groups (broad SMARTS) is 1. The number of carboxylic acids is 1. The number of benzene rings is 2. The first-order valence-corrected chi connectivity index (χ1v) is 6.90. The number of halogens is 2. The first kappa shape index (κ1) is 13.1. The van der Waals surface area contributed by atoms with Crippen LogP contribution in [0.5, 0.6) is 0 Å². The van der Waals surface area contributed by atoms with Crippen LogP contribution < -0.4 is 0 Å². The summed E-state index contributed by atoms with van der Waals surface area (Å²) >= 11 is 9.31. The van der Waals surface area contributed by atoms with E-state index >= 15 is 0 Å². The Morgan fingerprint density at radius 2 is 2.10 bits per heavy atom. The van der Waals surface area contributed by atoms with Gasteiger partial charge < -0.3 is 10.1 Å². The number of nitrogens with zero attached hydrogens (tertiary/aromatic N) is 1. The van der Waals surface area contributed by atoms with Crippen LogP contribution in [0.4, 0.5) is 0 Å². The van der Waals surface area contributed by atoms with Gasteiger partial charge in [-0.05, 0) is 40.2 Å². The monoisotopic (exact) mass is 350 g/mol. The van der Waals surface area contributed by atoms with Gasteiger partial charge in [-0.3, -0.25) is 0 Å². The SMILES string of the molecule is O=C(O)c1cc(Br)c2nc(-c3cccc(Cl)c3)[nH]c2c1. The number of rotatable bonds is 2. The molecule has 100 valence electrons. The molecule has 0 aliphatic heterocycles. The van der Waals surface area contributed by atoms with Gasteiger partial charge in [0.25, 0.3) is 0 Å². The van der Waals surface area contributed by atoms with Crippen LogP contribution in [-0.2, 0) is 0 Å². The number of aromatic amines is 1. The minimum atomic E-state index is -0.980. The maximum Gasteiger partial charge on any atom is 0.335 e. The van der Waals surface area contributed by atoms with Gasteiger partial charge in [0, 0.05) is 15.1 Å². The molecule has 0 saturated carbocycles. The van der Waals surface area contributed by atoms with Crippen molar-refractivity contribution in [2.75, 3.05) is 0 Å². The van der Waals surface area contributed by atoms with Crippen molar-refractivity contribution in [3.63, 3.8) is 0 Å². The fourth-order valence-corrected chi connectivity index (χ4v) is 2.71. The lowest BCUT2D eigenvalue weighted by atomic mass is 10.2. The van der Waals surface area contributed by atoms with E-state index in [-0.39, 0.29) is 5.56 Å². The van der Waals surface area contributed by atoms with Gasteiger partial charge in [0.15, 0.2) is 0 Å². The van der Waals surface area contributed by atoms with Crippen LogP contribution >= 0.6 is 27.5 Å². The minimum absolute atomic E-state index is 0.200. The highest BCUT2D eigenvalue weighted by atomic mass is 79.9. The molecule has 1 heterocycles. The first-order chi connectivity index (χ1) is 9.54. The average Bonchev–Trinajstić information content (AvgIpc) is 2.83. The molecule has 0 atom stereocenters. The number of H-pyrrole nitrogens is 1. The molecule has 0 aliphatic rings. The second-order valence-corrected chi connectivity index (χ2v) is 5.55. The zero-order chi connectivity index (χ0) is 14.3. The second-order valence-electron chi connectivity index (χ2n) is 4.26. The Labute approximate surface area is 127 Å². The highest BCUT2D eigenvalue weighted by Gasteiger charge is 2.12. The van der Waals surface area contributed by atoms with Crippen LogP contribution in [0, 0.1) is 0 Å². The summed E-state index contributed by atoms with van der Waals surface area (Å²) in [5.74, 6) is -0.336. The molecule has 0 radical (unpaired) electrons. The summed E-state index contributed by atoms with van der Waals surface area (Å²) in [5.41, 5.74) is 2.39. The van der Waals surface area contributed by atoms with E-state index in [2.05, 4.69) is 25.9 Å². The number of imidazole rings is 1. The molecular formula is C14H8BrClN2O2. The summed E-state index contributed by atoms with van der Waals surface area (Å²) in [5, 5.41) is 9.68.